The summed E-state index contributed by atoms with van der Waals surface area (Å²) in [5.74, 6) is 0.587. The number of carbonyl (C=O) groups excluding carboxylic acids is 1. The molecule has 2 unspecified atom stereocenters. The average molecular weight is 385 g/mol. The van der Waals surface area contributed by atoms with Gasteiger partial charge in [-0.15, -0.1) is 0 Å². The molecule has 0 N–H and O–H groups in total. The van der Waals surface area contributed by atoms with Gasteiger partial charge in [0.05, 0.1) is 11.3 Å². The Balaban J connectivity index is 1.60. The molecule has 1 amide bonds. The van der Waals surface area contributed by atoms with E-state index in [2.05, 4.69) is 21.0 Å². The van der Waals surface area contributed by atoms with Crippen molar-refractivity contribution in [2.75, 3.05) is 19.3 Å². The Bertz CT molecular complexity index is 979. The van der Waals surface area contributed by atoms with Gasteiger partial charge in [0.25, 0.3) is 5.91 Å². The van der Waals surface area contributed by atoms with E-state index in [1.807, 2.05) is 17.2 Å². The first-order chi connectivity index (χ1) is 13.0. The molecular weight excluding hydrogens is 360 g/mol. The van der Waals surface area contributed by atoms with Crippen molar-refractivity contribution in [1.29, 1.82) is 0 Å². The summed E-state index contributed by atoms with van der Waals surface area (Å²) in [7, 11) is -2.36. The van der Waals surface area contributed by atoms with Crippen LogP contribution in [0.15, 0.2) is 35.9 Å². The van der Waals surface area contributed by atoms with Crippen molar-refractivity contribution < 1.29 is 9.00 Å². The van der Waals surface area contributed by atoms with Crippen LogP contribution in [-0.4, -0.2) is 54.7 Å². The van der Waals surface area contributed by atoms with Crippen molar-refractivity contribution in [2.24, 2.45) is 0 Å². The van der Waals surface area contributed by atoms with Gasteiger partial charge in [0, 0.05) is 59.3 Å². The van der Waals surface area contributed by atoms with E-state index in [4.69, 9.17) is 0 Å². The zero-order valence-electron chi connectivity index (χ0n) is 15.7. The first kappa shape index (κ1) is 18.1. The van der Waals surface area contributed by atoms with E-state index in [-0.39, 0.29) is 11.8 Å². The van der Waals surface area contributed by atoms with Crippen LogP contribution in [0, 0.1) is 0 Å². The van der Waals surface area contributed by atoms with Crippen molar-refractivity contribution in [3.8, 4) is 0 Å². The van der Waals surface area contributed by atoms with Crippen LogP contribution in [0.4, 0.5) is 0 Å². The van der Waals surface area contributed by atoms with Crippen LogP contribution in [-0.2, 0) is 9.52 Å². The number of likely N-dealkylation sites (tertiary alicyclic amines) is 1. The van der Waals surface area contributed by atoms with Crippen molar-refractivity contribution in [3.05, 3.63) is 47.5 Å². The standard InChI is InChI=1S/C20H24N4O2S/c1-3-27(2,26)20-22-12-17(18(23-20)14-6-7-14)19(25)24-10-8-16(13-24)15-5-4-9-21-11-15/h3-5,9,11-12,14,16H,6-8,10,13H2,1-2H3. The van der Waals surface area contributed by atoms with Gasteiger partial charge >= 0.3 is 0 Å². The lowest BCUT2D eigenvalue weighted by Gasteiger charge is -2.18. The Kier molecular flexibility index (Phi) is 4.72. The van der Waals surface area contributed by atoms with E-state index < -0.39 is 9.52 Å². The Morgan fingerprint density at radius 3 is 2.74 bits per heavy atom. The number of hydrogen-bond acceptors (Lipinski definition) is 5. The quantitative estimate of drug-likeness (QED) is 0.598. The fraction of sp³-hybridized carbons (Fsp3) is 0.450. The molecule has 6 nitrogen and oxygen atoms in total. The maximum atomic E-state index is 13.2. The largest absolute Gasteiger partial charge is 0.338 e. The lowest BCUT2D eigenvalue weighted by molar-refractivity contribution is 0.0788. The van der Waals surface area contributed by atoms with Gasteiger partial charge < -0.3 is 4.90 Å². The number of hydrogen-bond donors (Lipinski definition) is 0. The molecule has 4 rings (SSSR count). The van der Waals surface area contributed by atoms with Gasteiger partial charge in [0.15, 0.2) is 0 Å². The van der Waals surface area contributed by atoms with Gasteiger partial charge in [0.2, 0.25) is 5.16 Å². The highest BCUT2D eigenvalue weighted by atomic mass is 32.2. The van der Waals surface area contributed by atoms with Gasteiger partial charge in [-0.1, -0.05) is 6.07 Å². The molecule has 3 heterocycles. The summed E-state index contributed by atoms with van der Waals surface area (Å²) in [6, 6.07) is 4.00. The number of nitrogens with zero attached hydrogens (tertiary/aromatic N) is 4. The maximum absolute atomic E-state index is 13.2. The molecule has 0 aromatic carbocycles. The molecular formula is C20H24N4O2S. The molecule has 142 valence electrons. The van der Waals surface area contributed by atoms with E-state index in [1.54, 1.807) is 30.9 Å². The molecule has 27 heavy (non-hydrogen) atoms. The predicted octanol–water partition coefficient (Wildman–Crippen LogP) is 2.47. The van der Waals surface area contributed by atoms with Crippen LogP contribution in [0.1, 0.15) is 59.6 Å². The highest BCUT2D eigenvalue weighted by Gasteiger charge is 2.34. The number of rotatable bonds is 4. The normalized spacial score (nSPS) is 21.7. The summed E-state index contributed by atoms with van der Waals surface area (Å²) < 4.78 is 12.6. The molecule has 2 aromatic heterocycles. The van der Waals surface area contributed by atoms with E-state index in [0.717, 1.165) is 31.5 Å². The van der Waals surface area contributed by atoms with E-state index in [9.17, 15) is 9.00 Å². The second kappa shape index (κ2) is 7.03. The predicted molar refractivity (Wildman–Crippen MR) is 106 cm³/mol. The van der Waals surface area contributed by atoms with Crippen LogP contribution in [0.2, 0.25) is 0 Å². The summed E-state index contributed by atoms with van der Waals surface area (Å²) in [5.41, 5.74) is 2.51. The van der Waals surface area contributed by atoms with Gasteiger partial charge in [-0.3, -0.25) is 14.0 Å². The molecule has 2 fully saturated rings. The Morgan fingerprint density at radius 2 is 2.07 bits per heavy atom. The zero-order valence-corrected chi connectivity index (χ0v) is 16.5. The molecule has 0 spiro atoms. The third-order valence-corrected chi connectivity index (χ3v) is 7.26. The topological polar surface area (TPSA) is 76.1 Å². The van der Waals surface area contributed by atoms with Crippen molar-refractivity contribution in [1.82, 2.24) is 19.9 Å². The van der Waals surface area contributed by atoms with E-state index in [1.165, 1.54) is 5.56 Å². The monoisotopic (exact) mass is 384 g/mol. The second-order valence-electron chi connectivity index (χ2n) is 7.39. The summed E-state index contributed by atoms with van der Waals surface area (Å²) in [5, 5.41) is 1.97. The van der Waals surface area contributed by atoms with Crippen molar-refractivity contribution >= 4 is 20.8 Å². The van der Waals surface area contributed by atoms with Crippen molar-refractivity contribution in [2.45, 2.75) is 43.2 Å². The number of amides is 1. The lowest BCUT2D eigenvalue weighted by atomic mass is 10.0. The Morgan fingerprint density at radius 1 is 1.26 bits per heavy atom. The Hall–Kier alpha value is -2.28. The minimum atomic E-state index is -2.36. The van der Waals surface area contributed by atoms with Crippen LogP contribution in [0.5, 0.6) is 0 Å². The fourth-order valence-electron chi connectivity index (χ4n) is 3.52. The molecule has 0 bridgehead atoms. The molecule has 0 radical (unpaired) electrons. The van der Waals surface area contributed by atoms with Gasteiger partial charge in [-0.25, -0.2) is 9.97 Å². The summed E-state index contributed by atoms with van der Waals surface area (Å²) >= 11 is 0. The lowest BCUT2D eigenvalue weighted by Crippen LogP contribution is -2.30. The summed E-state index contributed by atoms with van der Waals surface area (Å²) in [6.45, 7) is 3.16. The highest BCUT2D eigenvalue weighted by molar-refractivity contribution is 8.00. The van der Waals surface area contributed by atoms with Crippen LogP contribution in [0.25, 0.3) is 0 Å². The summed E-state index contributed by atoms with van der Waals surface area (Å²) in [6.07, 6.45) is 9.85. The Labute approximate surface area is 160 Å². The minimum absolute atomic E-state index is 0.0158. The third kappa shape index (κ3) is 3.60. The van der Waals surface area contributed by atoms with Crippen LogP contribution < -0.4 is 0 Å². The third-order valence-electron chi connectivity index (χ3n) is 5.43. The van der Waals surface area contributed by atoms with Crippen LogP contribution in [0.3, 0.4) is 0 Å². The molecule has 1 aliphatic heterocycles. The van der Waals surface area contributed by atoms with Crippen molar-refractivity contribution in [3.63, 3.8) is 0 Å². The first-order valence-electron chi connectivity index (χ1n) is 9.34. The van der Waals surface area contributed by atoms with Crippen LogP contribution >= 0.6 is 0 Å². The van der Waals surface area contributed by atoms with E-state index in [0.29, 0.717) is 23.2 Å². The van der Waals surface area contributed by atoms with Gasteiger partial charge in [-0.2, -0.15) is 0 Å². The molecule has 1 saturated carbocycles. The molecule has 1 aliphatic carbocycles. The van der Waals surface area contributed by atoms with Gasteiger partial charge in [0.1, 0.15) is 0 Å². The van der Waals surface area contributed by atoms with Gasteiger partial charge in [-0.05, 0) is 43.2 Å². The minimum Gasteiger partial charge on any atom is -0.338 e. The highest BCUT2D eigenvalue weighted by Crippen LogP contribution is 2.41. The molecule has 2 atom stereocenters. The second-order valence-corrected chi connectivity index (χ2v) is 10.0. The number of pyridine rings is 1. The molecule has 2 aliphatic rings. The SMILES string of the molecule is CC=S(C)(=O)c1ncc(C(=O)N2CCC(c3cccnc3)C2)c(C2CC2)n1. The smallest absolute Gasteiger partial charge is 0.257 e. The zero-order chi connectivity index (χ0) is 19.0. The maximum Gasteiger partial charge on any atom is 0.257 e. The van der Waals surface area contributed by atoms with E-state index >= 15 is 0 Å². The first-order valence-corrected chi connectivity index (χ1v) is 11.4. The molecule has 2 aromatic rings. The fourth-order valence-corrected chi connectivity index (χ4v) is 4.27. The average Bonchev–Trinajstić information content (AvgIpc) is 3.43. The molecule has 7 heteroatoms. The number of aromatic nitrogens is 3. The number of carbonyl (C=O) groups is 1. The molecule has 1 saturated heterocycles. The summed E-state index contributed by atoms with van der Waals surface area (Å²) in [4.78, 5) is 28.1.